The maximum Gasteiger partial charge on any atom is 0.220 e. The van der Waals surface area contributed by atoms with Gasteiger partial charge >= 0.3 is 0 Å². The van der Waals surface area contributed by atoms with E-state index in [1.807, 2.05) is 48.5 Å². The van der Waals surface area contributed by atoms with E-state index in [1.54, 1.807) is 0 Å². The molecule has 5 heteroatoms. The first kappa shape index (κ1) is 24.4. The maximum absolute atomic E-state index is 12.7. The zero-order valence-corrected chi connectivity index (χ0v) is 20.9. The first-order valence-electron chi connectivity index (χ1n) is 13.3. The molecule has 1 fully saturated rings. The Kier molecular flexibility index (Phi) is 8.19. The van der Waals surface area contributed by atoms with Crippen LogP contribution in [0.5, 0.6) is 17.2 Å². The fourth-order valence-corrected chi connectivity index (χ4v) is 5.33. The third kappa shape index (κ3) is 6.46. The van der Waals surface area contributed by atoms with Crippen molar-refractivity contribution in [3.05, 3.63) is 90.0 Å². The molecule has 1 N–H and O–H groups in total. The number of rotatable bonds is 8. The number of carbonyl (C=O) groups excluding carboxylic acids is 1. The van der Waals surface area contributed by atoms with Gasteiger partial charge in [0.2, 0.25) is 5.91 Å². The molecule has 0 bridgehead atoms. The molecule has 0 saturated carbocycles. The van der Waals surface area contributed by atoms with Crippen LogP contribution in [0, 0.1) is 0 Å². The van der Waals surface area contributed by atoms with Gasteiger partial charge in [0.05, 0.1) is 12.6 Å². The highest BCUT2D eigenvalue weighted by molar-refractivity contribution is 5.76. The zero-order valence-electron chi connectivity index (χ0n) is 20.9. The van der Waals surface area contributed by atoms with Crippen molar-refractivity contribution in [3.8, 4) is 17.2 Å². The van der Waals surface area contributed by atoms with Gasteiger partial charge in [-0.2, -0.15) is 0 Å². The molecule has 2 aliphatic heterocycles. The molecule has 0 aromatic heterocycles. The van der Waals surface area contributed by atoms with E-state index in [0.29, 0.717) is 18.9 Å². The van der Waals surface area contributed by atoms with Crippen molar-refractivity contribution in [1.29, 1.82) is 0 Å². The van der Waals surface area contributed by atoms with Crippen LogP contribution in [0.15, 0.2) is 78.9 Å². The lowest BCUT2D eigenvalue weighted by Crippen LogP contribution is -2.34. The zero-order chi connectivity index (χ0) is 24.6. The smallest absolute Gasteiger partial charge is 0.220 e. The average Bonchev–Trinajstić information content (AvgIpc) is 3.12. The Hall–Kier alpha value is -3.31. The van der Waals surface area contributed by atoms with E-state index in [0.717, 1.165) is 74.6 Å². The summed E-state index contributed by atoms with van der Waals surface area (Å²) in [4.78, 5) is 15.2. The average molecular weight is 485 g/mol. The third-order valence-electron chi connectivity index (χ3n) is 7.32. The second-order valence-electron chi connectivity index (χ2n) is 9.85. The molecule has 1 saturated heterocycles. The van der Waals surface area contributed by atoms with E-state index in [9.17, 15) is 4.79 Å². The number of piperidine rings is 1. The summed E-state index contributed by atoms with van der Waals surface area (Å²) in [6.45, 7) is 3.86. The first-order valence-corrected chi connectivity index (χ1v) is 13.3. The molecule has 1 amide bonds. The number of nitrogens with one attached hydrogen (secondary N) is 1. The lowest BCUT2D eigenvalue weighted by atomic mass is 9.89. The van der Waals surface area contributed by atoms with Gasteiger partial charge in [-0.15, -0.1) is 0 Å². The Morgan fingerprint density at radius 2 is 1.61 bits per heavy atom. The van der Waals surface area contributed by atoms with Gasteiger partial charge in [0, 0.05) is 12.0 Å². The summed E-state index contributed by atoms with van der Waals surface area (Å²) in [7, 11) is 0. The number of para-hydroxylation sites is 2. The molecule has 36 heavy (non-hydrogen) atoms. The molecule has 1 unspecified atom stereocenters. The largest absolute Gasteiger partial charge is 0.493 e. The molecule has 1 atom stereocenters. The van der Waals surface area contributed by atoms with Crippen molar-refractivity contribution >= 4 is 5.91 Å². The summed E-state index contributed by atoms with van der Waals surface area (Å²) in [6.07, 6.45) is 5.66. The van der Waals surface area contributed by atoms with Crippen LogP contribution in [0.4, 0.5) is 0 Å². The van der Waals surface area contributed by atoms with E-state index < -0.39 is 0 Å². The number of hydrogen-bond acceptors (Lipinski definition) is 4. The Morgan fingerprint density at radius 3 is 2.42 bits per heavy atom. The quantitative estimate of drug-likeness (QED) is 0.398. The van der Waals surface area contributed by atoms with Crippen LogP contribution in [-0.2, 0) is 4.79 Å². The topological polar surface area (TPSA) is 50.8 Å². The van der Waals surface area contributed by atoms with Crippen LogP contribution < -0.4 is 14.8 Å². The molecule has 0 spiro atoms. The van der Waals surface area contributed by atoms with Gasteiger partial charge in [-0.1, -0.05) is 48.5 Å². The summed E-state index contributed by atoms with van der Waals surface area (Å²) >= 11 is 0. The van der Waals surface area contributed by atoms with Crippen molar-refractivity contribution in [3.63, 3.8) is 0 Å². The minimum absolute atomic E-state index is 0.0522. The summed E-state index contributed by atoms with van der Waals surface area (Å²) in [5, 5.41) is 3.25. The second kappa shape index (κ2) is 12.1. The van der Waals surface area contributed by atoms with Gasteiger partial charge in [-0.25, -0.2) is 0 Å². The van der Waals surface area contributed by atoms with Crippen LogP contribution in [0.1, 0.15) is 61.6 Å². The van der Waals surface area contributed by atoms with E-state index in [2.05, 4.69) is 40.5 Å². The van der Waals surface area contributed by atoms with Crippen molar-refractivity contribution < 1.29 is 14.3 Å². The predicted molar refractivity (Wildman–Crippen MR) is 143 cm³/mol. The van der Waals surface area contributed by atoms with E-state index in [-0.39, 0.29) is 11.9 Å². The SMILES string of the molecule is O=C(CCCN1CCC(c2ccc(Oc3ccccc3)cc2)CC1)NC1CCCOc2ccccc21. The summed E-state index contributed by atoms with van der Waals surface area (Å²) < 4.78 is 11.8. The number of ether oxygens (including phenoxy) is 2. The normalized spacial score (nSPS) is 18.5. The summed E-state index contributed by atoms with van der Waals surface area (Å²) in [5.74, 6) is 3.37. The minimum atomic E-state index is 0.0522. The van der Waals surface area contributed by atoms with Crippen molar-refractivity contribution in [2.75, 3.05) is 26.2 Å². The number of nitrogens with zero attached hydrogens (tertiary/aromatic N) is 1. The van der Waals surface area contributed by atoms with Crippen LogP contribution in [0.25, 0.3) is 0 Å². The molecular formula is C31H36N2O3. The summed E-state index contributed by atoms with van der Waals surface area (Å²) in [5.41, 5.74) is 2.49. The maximum atomic E-state index is 12.7. The molecule has 2 aliphatic rings. The molecule has 188 valence electrons. The number of carbonyl (C=O) groups is 1. The van der Waals surface area contributed by atoms with Crippen LogP contribution in [0.2, 0.25) is 0 Å². The monoisotopic (exact) mass is 484 g/mol. The highest BCUT2D eigenvalue weighted by atomic mass is 16.5. The van der Waals surface area contributed by atoms with E-state index in [4.69, 9.17) is 9.47 Å². The highest BCUT2D eigenvalue weighted by Crippen LogP contribution is 2.32. The predicted octanol–water partition coefficient (Wildman–Crippen LogP) is 6.47. The Balaban J connectivity index is 1.03. The molecule has 0 radical (unpaired) electrons. The first-order chi connectivity index (χ1) is 17.7. The van der Waals surface area contributed by atoms with Gasteiger partial charge in [0.15, 0.2) is 0 Å². The fourth-order valence-electron chi connectivity index (χ4n) is 5.33. The van der Waals surface area contributed by atoms with Gasteiger partial charge in [0.1, 0.15) is 17.2 Å². The number of hydrogen-bond donors (Lipinski definition) is 1. The van der Waals surface area contributed by atoms with Gasteiger partial charge in [0.25, 0.3) is 0 Å². The molecule has 2 heterocycles. The molecule has 3 aromatic rings. The lowest BCUT2D eigenvalue weighted by Gasteiger charge is -2.32. The highest BCUT2D eigenvalue weighted by Gasteiger charge is 2.22. The minimum Gasteiger partial charge on any atom is -0.493 e. The number of amides is 1. The second-order valence-corrected chi connectivity index (χ2v) is 9.85. The molecular weight excluding hydrogens is 448 g/mol. The molecule has 5 nitrogen and oxygen atoms in total. The Morgan fingerprint density at radius 1 is 0.889 bits per heavy atom. The van der Waals surface area contributed by atoms with Crippen molar-refractivity contribution in [2.45, 2.75) is 50.5 Å². The molecule has 3 aromatic carbocycles. The van der Waals surface area contributed by atoms with Gasteiger partial charge in [-0.05, 0) is 93.6 Å². The Labute approximate surface area is 214 Å². The van der Waals surface area contributed by atoms with Crippen molar-refractivity contribution in [2.24, 2.45) is 0 Å². The summed E-state index contributed by atoms with van der Waals surface area (Å²) in [6, 6.07) is 26.6. The fraction of sp³-hybridized carbons (Fsp3) is 0.387. The van der Waals surface area contributed by atoms with Gasteiger partial charge < -0.3 is 19.7 Å². The van der Waals surface area contributed by atoms with E-state index in [1.165, 1.54) is 5.56 Å². The lowest BCUT2D eigenvalue weighted by molar-refractivity contribution is -0.122. The molecule has 5 rings (SSSR count). The Bertz CT molecular complexity index is 1110. The van der Waals surface area contributed by atoms with E-state index >= 15 is 0 Å². The van der Waals surface area contributed by atoms with Crippen molar-refractivity contribution in [1.82, 2.24) is 10.2 Å². The number of likely N-dealkylation sites (tertiary alicyclic amines) is 1. The van der Waals surface area contributed by atoms with Gasteiger partial charge in [-0.3, -0.25) is 4.79 Å². The van der Waals surface area contributed by atoms with Crippen LogP contribution in [0.3, 0.4) is 0 Å². The van der Waals surface area contributed by atoms with Crippen LogP contribution >= 0.6 is 0 Å². The van der Waals surface area contributed by atoms with Crippen LogP contribution in [-0.4, -0.2) is 37.0 Å². The molecule has 0 aliphatic carbocycles. The number of fused-ring (bicyclic) bond motifs is 1. The number of benzene rings is 3. The third-order valence-corrected chi connectivity index (χ3v) is 7.32. The standard InChI is InChI=1S/C31H36N2O3/c34-31(32-29-11-7-23-35-30-12-5-4-10-28(29)30)13-6-20-33-21-18-25(19-22-33)24-14-16-27(17-15-24)36-26-8-2-1-3-9-26/h1-5,8-10,12,14-17,25,29H,6-7,11,13,18-23H2,(H,32,34).